The van der Waals surface area contributed by atoms with E-state index in [4.69, 9.17) is 4.74 Å². The van der Waals surface area contributed by atoms with Crippen LogP contribution in [0.25, 0.3) is 0 Å². The quantitative estimate of drug-likeness (QED) is 0.663. The highest BCUT2D eigenvalue weighted by Gasteiger charge is 2.10. The molecule has 1 aliphatic heterocycles. The van der Waals surface area contributed by atoms with Crippen molar-refractivity contribution in [2.24, 2.45) is 0 Å². The summed E-state index contributed by atoms with van der Waals surface area (Å²) in [5.41, 5.74) is 0. The molecule has 0 amide bonds. The lowest BCUT2D eigenvalue weighted by molar-refractivity contribution is 0.140. The van der Waals surface area contributed by atoms with E-state index < -0.39 is 0 Å². The zero-order chi connectivity index (χ0) is 8.81. The Labute approximate surface area is 75.1 Å². The summed E-state index contributed by atoms with van der Waals surface area (Å²) in [7, 11) is 2.01. The van der Waals surface area contributed by atoms with E-state index in [9.17, 15) is 0 Å². The smallest absolute Gasteiger partial charge is 0.0593 e. The van der Waals surface area contributed by atoms with E-state index in [0.29, 0.717) is 6.04 Å². The van der Waals surface area contributed by atoms with Crippen molar-refractivity contribution in [3.8, 4) is 0 Å². The number of rotatable bonds is 3. The molecule has 0 spiro atoms. The first-order valence-electron chi connectivity index (χ1n) is 4.80. The van der Waals surface area contributed by atoms with Crippen LogP contribution in [0.3, 0.4) is 0 Å². The Kier molecular flexibility index (Phi) is 4.58. The Morgan fingerprint density at radius 3 is 3.00 bits per heavy atom. The van der Waals surface area contributed by atoms with Crippen molar-refractivity contribution in [3.63, 3.8) is 0 Å². The molecule has 1 rings (SSSR count). The van der Waals surface area contributed by atoms with Gasteiger partial charge in [-0.15, -0.1) is 0 Å². The molecule has 1 fully saturated rings. The van der Waals surface area contributed by atoms with Crippen LogP contribution in [0.2, 0.25) is 0 Å². The van der Waals surface area contributed by atoms with Crippen molar-refractivity contribution in [3.05, 3.63) is 0 Å². The summed E-state index contributed by atoms with van der Waals surface area (Å²) in [6.07, 6.45) is 1.18. The molecule has 0 saturated carbocycles. The van der Waals surface area contributed by atoms with Crippen LogP contribution >= 0.6 is 0 Å². The van der Waals surface area contributed by atoms with Crippen molar-refractivity contribution in [2.45, 2.75) is 19.4 Å². The van der Waals surface area contributed by atoms with Crippen LogP contribution in [0, 0.1) is 0 Å². The van der Waals surface area contributed by atoms with Gasteiger partial charge in [0.05, 0.1) is 6.61 Å². The molecule has 1 aliphatic rings. The summed E-state index contributed by atoms with van der Waals surface area (Å²) >= 11 is 0. The van der Waals surface area contributed by atoms with Gasteiger partial charge in [-0.1, -0.05) is 0 Å². The molecule has 72 valence electrons. The second-order valence-electron chi connectivity index (χ2n) is 3.46. The maximum atomic E-state index is 5.38. The predicted molar refractivity (Wildman–Crippen MR) is 50.4 cm³/mol. The van der Waals surface area contributed by atoms with Crippen molar-refractivity contribution in [1.82, 2.24) is 10.2 Å². The molecule has 1 saturated heterocycles. The molecule has 0 aliphatic carbocycles. The topological polar surface area (TPSA) is 24.5 Å². The molecule has 3 nitrogen and oxygen atoms in total. The number of likely N-dealkylation sites (N-methyl/N-ethyl adjacent to an activating group) is 1. The summed E-state index contributed by atoms with van der Waals surface area (Å²) in [6, 6.07) is 0.586. The third kappa shape index (κ3) is 3.52. The second kappa shape index (κ2) is 5.51. The molecule has 0 aromatic rings. The molecule has 0 aromatic carbocycles. The Morgan fingerprint density at radius 2 is 2.25 bits per heavy atom. The summed E-state index contributed by atoms with van der Waals surface area (Å²) in [4.78, 5) is 2.47. The van der Waals surface area contributed by atoms with E-state index in [0.717, 1.165) is 26.3 Å². The van der Waals surface area contributed by atoms with Gasteiger partial charge in [-0.25, -0.2) is 0 Å². The first kappa shape index (κ1) is 9.96. The third-order valence-electron chi connectivity index (χ3n) is 2.34. The SMILES string of the molecule is CNC(C)CN1CCCOCC1. The molecular weight excluding hydrogens is 152 g/mol. The van der Waals surface area contributed by atoms with Gasteiger partial charge in [-0.05, 0) is 20.4 Å². The minimum absolute atomic E-state index is 0.586. The molecule has 0 radical (unpaired) electrons. The van der Waals surface area contributed by atoms with Crippen LogP contribution in [0.4, 0.5) is 0 Å². The Balaban J connectivity index is 2.20. The lowest BCUT2D eigenvalue weighted by Crippen LogP contribution is -2.38. The molecular formula is C9H20N2O. The van der Waals surface area contributed by atoms with Crippen LogP contribution in [-0.4, -0.2) is 50.8 Å². The minimum Gasteiger partial charge on any atom is -0.380 e. The van der Waals surface area contributed by atoms with E-state index in [2.05, 4.69) is 17.1 Å². The summed E-state index contributed by atoms with van der Waals surface area (Å²) in [6.45, 7) is 7.46. The van der Waals surface area contributed by atoms with E-state index in [-0.39, 0.29) is 0 Å². The highest BCUT2D eigenvalue weighted by molar-refractivity contribution is 4.67. The third-order valence-corrected chi connectivity index (χ3v) is 2.34. The van der Waals surface area contributed by atoms with E-state index >= 15 is 0 Å². The van der Waals surface area contributed by atoms with E-state index in [1.807, 2.05) is 7.05 Å². The number of nitrogens with one attached hydrogen (secondary N) is 1. The van der Waals surface area contributed by atoms with Gasteiger partial charge in [0.25, 0.3) is 0 Å². The number of ether oxygens (including phenoxy) is 1. The summed E-state index contributed by atoms with van der Waals surface area (Å²) in [5.74, 6) is 0. The van der Waals surface area contributed by atoms with Crippen molar-refractivity contribution >= 4 is 0 Å². The van der Waals surface area contributed by atoms with Crippen molar-refractivity contribution in [1.29, 1.82) is 0 Å². The van der Waals surface area contributed by atoms with Gasteiger partial charge in [0.2, 0.25) is 0 Å². The summed E-state index contributed by atoms with van der Waals surface area (Å²) < 4.78 is 5.38. The fourth-order valence-electron chi connectivity index (χ4n) is 1.46. The lowest BCUT2D eigenvalue weighted by Gasteiger charge is -2.22. The number of hydrogen-bond donors (Lipinski definition) is 1. The molecule has 0 aromatic heterocycles. The van der Waals surface area contributed by atoms with Crippen molar-refractivity contribution in [2.75, 3.05) is 39.9 Å². The highest BCUT2D eigenvalue weighted by atomic mass is 16.5. The number of nitrogens with zero attached hydrogens (tertiary/aromatic N) is 1. The average molecular weight is 172 g/mol. The minimum atomic E-state index is 0.586. The van der Waals surface area contributed by atoms with Crippen LogP contribution in [0.1, 0.15) is 13.3 Å². The fourth-order valence-corrected chi connectivity index (χ4v) is 1.46. The van der Waals surface area contributed by atoms with Crippen LogP contribution < -0.4 is 5.32 Å². The van der Waals surface area contributed by atoms with Gasteiger partial charge < -0.3 is 10.1 Å². The zero-order valence-corrected chi connectivity index (χ0v) is 8.18. The maximum absolute atomic E-state index is 5.38. The molecule has 3 heteroatoms. The van der Waals surface area contributed by atoms with Gasteiger partial charge in [0, 0.05) is 32.3 Å². The molecule has 12 heavy (non-hydrogen) atoms. The molecule has 1 unspecified atom stereocenters. The first-order chi connectivity index (χ1) is 5.83. The Morgan fingerprint density at radius 1 is 1.42 bits per heavy atom. The van der Waals surface area contributed by atoms with Gasteiger partial charge >= 0.3 is 0 Å². The maximum Gasteiger partial charge on any atom is 0.0593 e. The summed E-state index contributed by atoms with van der Waals surface area (Å²) in [5, 5.41) is 3.25. The predicted octanol–water partition coefficient (Wildman–Crippen LogP) is 0.317. The molecule has 0 bridgehead atoms. The monoisotopic (exact) mass is 172 g/mol. The molecule has 1 N–H and O–H groups in total. The van der Waals surface area contributed by atoms with Gasteiger partial charge in [-0.3, -0.25) is 4.90 Å². The normalized spacial score (nSPS) is 23.5. The van der Waals surface area contributed by atoms with E-state index in [1.165, 1.54) is 13.0 Å². The van der Waals surface area contributed by atoms with Crippen molar-refractivity contribution < 1.29 is 4.74 Å². The van der Waals surface area contributed by atoms with Crippen LogP contribution in [-0.2, 0) is 4.74 Å². The zero-order valence-electron chi connectivity index (χ0n) is 8.18. The number of hydrogen-bond acceptors (Lipinski definition) is 3. The molecule has 1 heterocycles. The largest absolute Gasteiger partial charge is 0.380 e. The van der Waals surface area contributed by atoms with Gasteiger partial charge in [-0.2, -0.15) is 0 Å². The van der Waals surface area contributed by atoms with Crippen LogP contribution in [0.15, 0.2) is 0 Å². The van der Waals surface area contributed by atoms with Crippen LogP contribution in [0.5, 0.6) is 0 Å². The lowest BCUT2D eigenvalue weighted by atomic mass is 10.3. The molecule has 1 atom stereocenters. The first-order valence-corrected chi connectivity index (χ1v) is 4.80. The highest BCUT2D eigenvalue weighted by Crippen LogP contribution is 1.99. The second-order valence-corrected chi connectivity index (χ2v) is 3.46. The van der Waals surface area contributed by atoms with Gasteiger partial charge in [0.1, 0.15) is 0 Å². The van der Waals surface area contributed by atoms with E-state index in [1.54, 1.807) is 0 Å². The average Bonchev–Trinajstić information content (AvgIpc) is 2.33. The standard InChI is InChI=1S/C9H20N2O/c1-9(10-2)8-11-4-3-6-12-7-5-11/h9-10H,3-8H2,1-2H3. The van der Waals surface area contributed by atoms with Gasteiger partial charge in [0.15, 0.2) is 0 Å². The Bertz CT molecular complexity index is 111. The Hall–Kier alpha value is -0.120. The fraction of sp³-hybridized carbons (Fsp3) is 1.00.